The zero-order valence-corrected chi connectivity index (χ0v) is 25.5. The van der Waals surface area contributed by atoms with Gasteiger partial charge in [0, 0.05) is 0 Å². The minimum Gasteiger partial charge on any atom is -1.00 e. The topological polar surface area (TPSA) is 387 Å². The molecule has 21 nitrogen and oxygen atoms in total. The molecular weight excluding hydrogens is 622 g/mol. The van der Waals surface area contributed by atoms with Gasteiger partial charge in [-0.3, -0.25) is 42.4 Å². The zero-order chi connectivity index (χ0) is 29.8. The molecule has 0 spiro atoms. The first-order valence-electron chi connectivity index (χ1n) is 7.97. The van der Waals surface area contributed by atoms with Crippen molar-refractivity contribution in [1.82, 2.24) is 0 Å². The van der Waals surface area contributed by atoms with Gasteiger partial charge in [-0.15, -0.1) is 0 Å². The van der Waals surface area contributed by atoms with Gasteiger partial charge in [-0.1, -0.05) is 0 Å². The van der Waals surface area contributed by atoms with E-state index in [0.29, 0.717) is 0 Å². The summed E-state index contributed by atoms with van der Waals surface area (Å²) < 4.78 is 86.0. The summed E-state index contributed by atoms with van der Waals surface area (Å²) in [5.74, 6) is -10.5. The van der Waals surface area contributed by atoms with Gasteiger partial charge >= 0.3 is 94.9 Å². The third kappa shape index (κ3) is 23.7. The van der Waals surface area contributed by atoms with Crippen LogP contribution >= 0.6 is 0 Å². The molecule has 26 heteroatoms. The molecular formula is C12H20Na2O21S3. The molecule has 0 saturated carbocycles. The van der Waals surface area contributed by atoms with Crippen LogP contribution in [-0.4, -0.2) is 121 Å². The molecule has 0 amide bonds. The molecule has 0 aromatic rings. The Morgan fingerprint density at radius 1 is 0.447 bits per heavy atom. The van der Waals surface area contributed by atoms with Gasteiger partial charge in [0.05, 0.1) is 19.3 Å². The normalized spacial score (nSPS) is 13.0. The maximum absolute atomic E-state index is 10.2. The van der Waals surface area contributed by atoms with Gasteiger partial charge in [0.2, 0.25) is 0 Å². The van der Waals surface area contributed by atoms with Crippen molar-refractivity contribution in [2.45, 2.75) is 35.0 Å². The van der Waals surface area contributed by atoms with Crippen LogP contribution in [0.4, 0.5) is 0 Å². The fourth-order valence-electron chi connectivity index (χ4n) is 1.44. The summed E-state index contributed by atoms with van der Waals surface area (Å²) in [5, 5.41) is 41.7. The third-order valence-electron chi connectivity index (χ3n) is 2.99. The number of carbonyl (C=O) groups is 6. The van der Waals surface area contributed by atoms with Gasteiger partial charge in [-0.2, -0.15) is 25.3 Å². The summed E-state index contributed by atoms with van der Waals surface area (Å²) in [6.45, 7) is 0. The predicted molar refractivity (Wildman–Crippen MR) is 108 cm³/mol. The average Bonchev–Trinajstić information content (AvgIpc) is 2.59. The Kier molecular flexibility index (Phi) is 23.9. The van der Waals surface area contributed by atoms with Crippen LogP contribution in [0.2, 0.25) is 0 Å². The second-order valence-corrected chi connectivity index (χ2v) is 10.6. The number of hydrogen-bond donors (Lipinski definition) is 9. The average molecular weight is 642 g/mol. The predicted octanol–water partition coefficient (Wildman–Crippen LogP) is -9.36. The molecule has 9 N–H and O–H groups in total. The molecule has 0 saturated heterocycles. The first-order valence-corrected chi connectivity index (χ1v) is 12.5. The Hall–Kier alpha value is -1.45. The Morgan fingerprint density at radius 2 is 0.579 bits per heavy atom. The quantitative estimate of drug-likeness (QED) is 0.0704. The first-order chi connectivity index (χ1) is 15.7. The Bertz CT molecular complexity index is 1040. The van der Waals surface area contributed by atoms with Gasteiger partial charge in [0.1, 0.15) is 0 Å². The van der Waals surface area contributed by atoms with E-state index in [-0.39, 0.29) is 62.0 Å². The number of aliphatic carboxylic acids is 6. The van der Waals surface area contributed by atoms with E-state index in [4.69, 9.17) is 44.3 Å². The summed E-state index contributed by atoms with van der Waals surface area (Å²) in [6.07, 6.45) is -3.48. The Balaban J connectivity index is -0.0000000778. The van der Waals surface area contributed by atoms with Crippen molar-refractivity contribution < 1.29 is 160 Å². The van der Waals surface area contributed by atoms with Crippen molar-refractivity contribution >= 4 is 66.2 Å². The van der Waals surface area contributed by atoms with Crippen LogP contribution in [0, 0.1) is 0 Å². The van der Waals surface area contributed by atoms with Gasteiger partial charge in [0.25, 0.3) is 30.4 Å². The number of carboxylic acid groups (broad SMARTS) is 6. The fraction of sp³-hybridized carbons (Fsp3) is 0.500. The van der Waals surface area contributed by atoms with E-state index in [1.165, 1.54) is 0 Å². The van der Waals surface area contributed by atoms with Crippen molar-refractivity contribution in [2.75, 3.05) is 0 Å². The summed E-state index contributed by atoms with van der Waals surface area (Å²) in [5.41, 5.74) is 0. The van der Waals surface area contributed by atoms with E-state index in [2.05, 4.69) is 0 Å². The van der Waals surface area contributed by atoms with E-state index in [1.54, 1.807) is 0 Å². The van der Waals surface area contributed by atoms with Crippen molar-refractivity contribution in [1.29, 1.82) is 0 Å². The first kappa shape index (κ1) is 46.4. The molecule has 0 fully saturated rings. The van der Waals surface area contributed by atoms with Crippen LogP contribution in [0.1, 0.15) is 22.1 Å². The molecule has 0 radical (unpaired) electrons. The monoisotopic (exact) mass is 642 g/mol. The van der Waals surface area contributed by atoms with Crippen molar-refractivity contribution in [3.63, 3.8) is 0 Å². The minimum atomic E-state index is -4.84. The molecule has 0 bridgehead atoms. The van der Waals surface area contributed by atoms with Crippen molar-refractivity contribution in [3.05, 3.63) is 0 Å². The molecule has 38 heavy (non-hydrogen) atoms. The van der Waals surface area contributed by atoms with Gasteiger partial charge in [-0.25, -0.2) is 0 Å². The fourth-order valence-corrected chi connectivity index (χ4v) is 3.26. The molecule has 0 aromatic heterocycles. The molecule has 0 aliphatic rings. The number of hydrogen-bond acceptors (Lipinski definition) is 12. The largest absolute Gasteiger partial charge is 1.00 e. The maximum Gasteiger partial charge on any atom is 1.00 e. The van der Waals surface area contributed by atoms with E-state index < -0.39 is 101 Å². The molecule has 3 unspecified atom stereocenters. The zero-order valence-electron chi connectivity index (χ0n) is 21.0. The summed E-state index contributed by atoms with van der Waals surface area (Å²) >= 11 is 0. The minimum absolute atomic E-state index is 0. The van der Waals surface area contributed by atoms with Crippen LogP contribution < -0.4 is 59.1 Å². The second kappa shape index (κ2) is 19.6. The van der Waals surface area contributed by atoms with E-state index >= 15 is 0 Å². The van der Waals surface area contributed by atoms with Crippen LogP contribution in [0.3, 0.4) is 0 Å². The Labute approximate surface area is 259 Å². The van der Waals surface area contributed by atoms with Gasteiger partial charge in [-0.05, 0) is 0 Å². The third-order valence-corrected chi connectivity index (χ3v) is 6.25. The van der Waals surface area contributed by atoms with E-state index in [0.717, 1.165) is 0 Å². The molecule has 3 atom stereocenters. The molecule has 0 heterocycles. The Morgan fingerprint density at radius 3 is 0.605 bits per heavy atom. The standard InChI is InChI=1S/3C4H6O7S.2Na.2H/c3*5-3(6)1-2(4(7)8)12(9,10)11;;;;/h3*2H,1H2,(H,5,6)(H,7,8)(H,9,10,11);;;;/q;;;2*+1;2*-1. The van der Waals surface area contributed by atoms with Crippen LogP contribution in [-0.2, 0) is 59.1 Å². The number of carboxylic acids is 6. The molecule has 0 aromatic carbocycles. The van der Waals surface area contributed by atoms with Crippen molar-refractivity contribution in [2.24, 2.45) is 0 Å². The second-order valence-electron chi connectivity index (χ2n) is 5.82. The van der Waals surface area contributed by atoms with Crippen LogP contribution in [0.5, 0.6) is 0 Å². The molecule has 0 aliphatic carbocycles. The summed E-state index contributed by atoms with van der Waals surface area (Å²) in [6, 6.07) is 0. The molecule has 214 valence electrons. The van der Waals surface area contributed by atoms with Gasteiger partial charge in [0.15, 0.2) is 15.7 Å². The van der Waals surface area contributed by atoms with Gasteiger partial charge < -0.3 is 33.5 Å². The summed E-state index contributed by atoms with van der Waals surface area (Å²) in [7, 11) is -14.5. The van der Waals surface area contributed by atoms with Crippen molar-refractivity contribution in [3.8, 4) is 0 Å². The van der Waals surface area contributed by atoms with E-state index in [9.17, 15) is 54.0 Å². The number of rotatable bonds is 12. The smallest absolute Gasteiger partial charge is 1.00 e. The van der Waals surface area contributed by atoms with Crippen LogP contribution in [0.25, 0.3) is 0 Å². The maximum atomic E-state index is 10.2. The SMILES string of the molecule is O=C(O)CC(C(=O)O)S(=O)(=O)O.O=C(O)CC(C(=O)O)S(=O)(=O)O.O=C(O)CC(C(=O)O)S(=O)(=O)O.[H-].[H-].[Na+].[Na+]. The summed E-state index contributed by atoms with van der Waals surface area (Å²) in [4.78, 5) is 60.0. The molecule has 0 aliphatic heterocycles. The molecule has 0 rings (SSSR count). The van der Waals surface area contributed by atoms with E-state index in [1.807, 2.05) is 0 Å². The van der Waals surface area contributed by atoms with Crippen LogP contribution in [0.15, 0.2) is 0 Å².